The molecule has 2 rings (SSSR count). The van der Waals surface area contributed by atoms with E-state index < -0.39 is 0 Å². The molecule has 0 aromatic carbocycles. The third-order valence-electron chi connectivity index (χ3n) is 3.29. The number of halogens is 2. The van der Waals surface area contributed by atoms with Gasteiger partial charge in [-0.15, -0.1) is 0 Å². The SMILES string of the molecule is COCCC1(CNCc2cc(Br)c(Br)o2)CC1. The number of rotatable bonds is 7. The van der Waals surface area contributed by atoms with Crippen molar-refractivity contribution in [2.24, 2.45) is 5.41 Å². The molecule has 1 N–H and O–H groups in total. The van der Waals surface area contributed by atoms with E-state index >= 15 is 0 Å². The molecule has 1 heterocycles. The number of hydrogen-bond donors (Lipinski definition) is 1. The van der Waals surface area contributed by atoms with Gasteiger partial charge in [0.15, 0.2) is 4.67 Å². The first kappa shape index (κ1) is 13.6. The van der Waals surface area contributed by atoms with E-state index in [-0.39, 0.29) is 0 Å². The van der Waals surface area contributed by atoms with Crippen LogP contribution in [0.1, 0.15) is 25.0 Å². The van der Waals surface area contributed by atoms with Gasteiger partial charge in [-0.25, -0.2) is 0 Å². The van der Waals surface area contributed by atoms with Gasteiger partial charge >= 0.3 is 0 Å². The minimum Gasteiger partial charge on any atom is -0.452 e. The van der Waals surface area contributed by atoms with Gasteiger partial charge in [0.05, 0.1) is 11.0 Å². The number of furan rings is 1. The van der Waals surface area contributed by atoms with E-state index in [9.17, 15) is 0 Å². The van der Waals surface area contributed by atoms with Gasteiger partial charge in [-0.05, 0) is 62.6 Å². The smallest absolute Gasteiger partial charge is 0.183 e. The molecule has 1 fully saturated rings. The fourth-order valence-electron chi connectivity index (χ4n) is 1.94. The molecular formula is C12H17Br2NO2. The van der Waals surface area contributed by atoms with Crippen molar-refractivity contribution in [2.45, 2.75) is 25.8 Å². The first-order valence-electron chi connectivity index (χ1n) is 5.79. The van der Waals surface area contributed by atoms with Crippen LogP contribution in [0.4, 0.5) is 0 Å². The largest absolute Gasteiger partial charge is 0.452 e. The second-order valence-corrected chi connectivity index (χ2v) is 6.26. The van der Waals surface area contributed by atoms with Gasteiger partial charge in [-0.1, -0.05) is 0 Å². The van der Waals surface area contributed by atoms with Crippen LogP contribution < -0.4 is 5.32 Å². The van der Waals surface area contributed by atoms with Gasteiger partial charge in [-0.2, -0.15) is 0 Å². The molecule has 0 bridgehead atoms. The maximum atomic E-state index is 5.51. The Labute approximate surface area is 119 Å². The summed E-state index contributed by atoms with van der Waals surface area (Å²) in [5.41, 5.74) is 0.483. The number of methoxy groups -OCH3 is 1. The Morgan fingerprint density at radius 1 is 1.47 bits per heavy atom. The summed E-state index contributed by atoms with van der Waals surface area (Å²) < 4.78 is 12.4. The minimum absolute atomic E-state index is 0.483. The van der Waals surface area contributed by atoms with E-state index in [4.69, 9.17) is 9.15 Å². The zero-order valence-electron chi connectivity index (χ0n) is 9.89. The molecule has 3 nitrogen and oxygen atoms in total. The summed E-state index contributed by atoms with van der Waals surface area (Å²) in [5, 5.41) is 3.46. The molecule has 96 valence electrons. The van der Waals surface area contributed by atoms with Gasteiger partial charge in [0.25, 0.3) is 0 Å². The summed E-state index contributed by atoms with van der Waals surface area (Å²) >= 11 is 6.75. The highest BCUT2D eigenvalue weighted by Crippen LogP contribution is 2.48. The molecule has 1 aromatic heterocycles. The molecule has 0 atom stereocenters. The van der Waals surface area contributed by atoms with Crippen molar-refractivity contribution in [2.75, 3.05) is 20.3 Å². The standard InChI is InChI=1S/C12H17Br2NO2/c1-16-5-4-12(2-3-12)8-15-7-9-6-10(13)11(14)17-9/h6,15H,2-5,7-8H2,1H3. The normalized spacial score (nSPS) is 17.4. The van der Waals surface area contributed by atoms with Crippen molar-refractivity contribution in [3.8, 4) is 0 Å². The summed E-state index contributed by atoms with van der Waals surface area (Å²) in [7, 11) is 1.77. The van der Waals surface area contributed by atoms with Crippen molar-refractivity contribution in [1.82, 2.24) is 5.32 Å². The average Bonchev–Trinajstić information content (AvgIpc) is 2.99. The molecular weight excluding hydrogens is 350 g/mol. The number of nitrogens with one attached hydrogen (secondary N) is 1. The summed E-state index contributed by atoms with van der Waals surface area (Å²) in [6.45, 7) is 2.69. The van der Waals surface area contributed by atoms with Crippen molar-refractivity contribution in [1.29, 1.82) is 0 Å². The Balaban J connectivity index is 1.72. The Kier molecular flexibility index (Phi) is 4.69. The minimum atomic E-state index is 0.483. The van der Waals surface area contributed by atoms with E-state index in [1.165, 1.54) is 12.8 Å². The van der Waals surface area contributed by atoms with Gasteiger partial charge < -0.3 is 14.5 Å². The molecule has 1 saturated carbocycles. The van der Waals surface area contributed by atoms with Gasteiger partial charge in [0.1, 0.15) is 5.76 Å². The third kappa shape index (κ3) is 3.81. The molecule has 0 amide bonds. The molecule has 5 heteroatoms. The van der Waals surface area contributed by atoms with Crippen LogP contribution in [0.25, 0.3) is 0 Å². The van der Waals surface area contributed by atoms with Crippen molar-refractivity contribution < 1.29 is 9.15 Å². The maximum absolute atomic E-state index is 5.51. The van der Waals surface area contributed by atoms with E-state index in [1.807, 2.05) is 6.07 Å². The topological polar surface area (TPSA) is 34.4 Å². The molecule has 0 aliphatic heterocycles. The first-order valence-corrected chi connectivity index (χ1v) is 7.37. The van der Waals surface area contributed by atoms with Crippen LogP contribution in [0.3, 0.4) is 0 Å². The summed E-state index contributed by atoms with van der Waals surface area (Å²) in [6.07, 6.45) is 3.78. The summed E-state index contributed by atoms with van der Waals surface area (Å²) in [6, 6.07) is 1.99. The van der Waals surface area contributed by atoms with E-state index in [0.29, 0.717) is 5.41 Å². The molecule has 1 aromatic rings. The Bertz CT molecular complexity index is 355. The van der Waals surface area contributed by atoms with Crippen molar-refractivity contribution in [3.63, 3.8) is 0 Å². The predicted molar refractivity (Wildman–Crippen MR) is 74.0 cm³/mol. The molecule has 0 spiro atoms. The van der Waals surface area contributed by atoms with E-state index in [1.54, 1.807) is 7.11 Å². The maximum Gasteiger partial charge on any atom is 0.183 e. The monoisotopic (exact) mass is 365 g/mol. The van der Waals surface area contributed by atoms with Crippen LogP contribution >= 0.6 is 31.9 Å². The molecule has 0 radical (unpaired) electrons. The first-order chi connectivity index (χ1) is 8.15. The summed E-state index contributed by atoms with van der Waals surface area (Å²) in [4.78, 5) is 0. The van der Waals surface area contributed by atoms with Crippen molar-refractivity contribution in [3.05, 3.63) is 21.0 Å². The van der Waals surface area contributed by atoms with Crippen LogP contribution in [0.15, 0.2) is 19.6 Å². The Morgan fingerprint density at radius 3 is 2.76 bits per heavy atom. The zero-order valence-corrected chi connectivity index (χ0v) is 13.1. The Morgan fingerprint density at radius 2 is 2.24 bits per heavy atom. The molecule has 0 unspecified atom stereocenters. The average molecular weight is 367 g/mol. The lowest BCUT2D eigenvalue weighted by Gasteiger charge is -2.14. The third-order valence-corrected chi connectivity index (χ3v) is 5.00. The fraction of sp³-hybridized carbons (Fsp3) is 0.667. The fourth-order valence-corrected chi connectivity index (χ4v) is 2.60. The molecule has 1 aliphatic carbocycles. The molecule has 0 saturated heterocycles. The zero-order chi connectivity index (χ0) is 12.3. The van der Waals surface area contributed by atoms with Gasteiger partial charge in [0, 0.05) is 20.3 Å². The quantitative estimate of drug-likeness (QED) is 0.798. The second kappa shape index (κ2) is 5.87. The number of hydrogen-bond acceptors (Lipinski definition) is 3. The van der Waals surface area contributed by atoms with Crippen LogP contribution in [0.5, 0.6) is 0 Å². The summed E-state index contributed by atoms with van der Waals surface area (Å²) in [5.74, 6) is 0.950. The van der Waals surface area contributed by atoms with E-state index in [2.05, 4.69) is 37.2 Å². The van der Waals surface area contributed by atoms with Crippen molar-refractivity contribution >= 4 is 31.9 Å². The highest BCUT2D eigenvalue weighted by atomic mass is 79.9. The van der Waals surface area contributed by atoms with Crippen LogP contribution in [0.2, 0.25) is 0 Å². The van der Waals surface area contributed by atoms with Crippen LogP contribution in [-0.4, -0.2) is 20.3 Å². The van der Waals surface area contributed by atoms with Crippen LogP contribution in [-0.2, 0) is 11.3 Å². The van der Waals surface area contributed by atoms with Crippen LogP contribution in [0, 0.1) is 5.41 Å². The highest BCUT2D eigenvalue weighted by Gasteiger charge is 2.41. The van der Waals surface area contributed by atoms with Gasteiger partial charge in [-0.3, -0.25) is 0 Å². The molecule has 17 heavy (non-hydrogen) atoms. The molecule has 1 aliphatic rings. The van der Waals surface area contributed by atoms with Gasteiger partial charge in [0.2, 0.25) is 0 Å². The highest BCUT2D eigenvalue weighted by molar-refractivity contribution is 9.13. The predicted octanol–water partition coefficient (Wildman–Crippen LogP) is 3.71. The number of ether oxygens (including phenoxy) is 1. The lowest BCUT2D eigenvalue weighted by Crippen LogP contribution is -2.24. The lowest BCUT2D eigenvalue weighted by molar-refractivity contribution is 0.171. The Hall–Kier alpha value is 0.160. The lowest BCUT2D eigenvalue weighted by atomic mass is 10.0. The second-order valence-electron chi connectivity index (χ2n) is 4.68. The van der Waals surface area contributed by atoms with E-state index in [0.717, 1.165) is 41.0 Å².